The van der Waals surface area contributed by atoms with Crippen molar-refractivity contribution in [3.8, 4) is 5.75 Å². The third-order valence-corrected chi connectivity index (χ3v) is 6.24. The van der Waals surface area contributed by atoms with Gasteiger partial charge >= 0.3 is 0 Å². The number of carbonyl (C=O) groups is 2. The number of nitrogens with zero attached hydrogens (tertiary/aromatic N) is 3. The molecule has 8 heteroatoms. The summed E-state index contributed by atoms with van der Waals surface area (Å²) in [5.41, 5.74) is 0.866. The number of rotatable bonds is 8. The van der Waals surface area contributed by atoms with Crippen LogP contribution in [-0.4, -0.2) is 40.6 Å². The number of hydrogen-bond donors (Lipinski definition) is 1. The number of methoxy groups -OCH3 is 1. The van der Waals surface area contributed by atoms with Gasteiger partial charge in [0.15, 0.2) is 0 Å². The van der Waals surface area contributed by atoms with Crippen molar-refractivity contribution in [2.24, 2.45) is 5.92 Å². The van der Waals surface area contributed by atoms with Gasteiger partial charge in [-0.3, -0.25) is 9.59 Å². The lowest BCUT2D eigenvalue weighted by molar-refractivity contribution is -0.142. The van der Waals surface area contributed by atoms with E-state index in [0.717, 1.165) is 29.8 Å². The molecule has 1 saturated heterocycles. The van der Waals surface area contributed by atoms with Crippen molar-refractivity contribution in [3.63, 3.8) is 0 Å². The van der Waals surface area contributed by atoms with Gasteiger partial charge in [-0.05, 0) is 25.3 Å². The van der Waals surface area contributed by atoms with E-state index in [-0.39, 0.29) is 23.8 Å². The molecule has 0 saturated carbocycles. The first-order valence-corrected chi connectivity index (χ1v) is 11.0. The second-order valence-corrected chi connectivity index (χ2v) is 8.18. The monoisotopic (exact) mass is 416 g/mol. The van der Waals surface area contributed by atoms with E-state index >= 15 is 0 Å². The molecule has 1 aliphatic heterocycles. The highest BCUT2D eigenvalue weighted by Crippen LogP contribution is 2.41. The van der Waals surface area contributed by atoms with Crippen molar-refractivity contribution < 1.29 is 14.3 Å². The number of aromatic nitrogens is 2. The van der Waals surface area contributed by atoms with Crippen LogP contribution < -0.4 is 10.1 Å². The van der Waals surface area contributed by atoms with Crippen LogP contribution in [0.1, 0.15) is 56.1 Å². The minimum Gasteiger partial charge on any atom is -0.496 e. The normalized spacial score (nSPS) is 19.3. The molecule has 2 amide bonds. The Kier molecular flexibility index (Phi) is 7.19. The van der Waals surface area contributed by atoms with Gasteiger partial charge in [0.05, 0.1) is 19.1 Å². The summed E-state index contributed by atoms with van der Waals surface area (Å²) in [6.45, 7) is 4.72. The number of piperidine rings is 1. The molecular weight excluding hydrogens is 388 g/mol. The molecule has 1 N–H and O–H groups in total. The second-order valence-electron chi connectivity index (χ2n) is 7.12. The van der Waals surface area contributed by atoms with Crippen LogP contribution in [0.25, 0.3) is 0 Å². The maximum Gasteiger partial charge on any atom is 0.231 e. The SMILES string of the molecule is CCCCN1C(=O)CC[C@@H](C(=O)Nc2nnc(CC)s2)[C@@H]1c1ccccc1OC. The maximum atomic E-state index is 13.2. The molecule has 1 aliphatic rings. The summed E-state index contributed by atoms with van der Waals surface area (Å²) >= 11 is 1.39. The molecule has 156 valence electrons. The summed E-state index contributed by atoms with van der Waals surface area (Å²) < 4.78 is 5.56. The highest BCUT2D eigenvalue weighted by atomic mass is 32.1. The van der Waals surface area contributed by atoms with Gasteiger partial charge in [0.25, 0.3) is 0 Å². The molecular formula is C21H28N4O3S. The van der Waals surface area contributed by atoms with Crippen molar-refractivity contribution in [1.82, 2.24) is 15.1 Å². The molecule has 1 fully saturated rings. The molecule has 0 bridgehead atoms. The third-order valence-electron chi connectivity index (χ3n) is 5.25. The van der Waals surface area contributed by atoms with Gasteiger partial charge in [-0.15, -0.1) is 10.2 Å². The molecule has 29 heavy (non-hydrogen) atoms. The van der Waals surface area contributed by atoms with Crippen molar-refractivity contribution >= 4 is 28.3 Å². The first-order valence-electron chi connectivity index (χ1n) is 10.1. The number of para-hydroxylation sites is 1. The topological polar surface area (TPSA) is 84.4 Å². The summed E-state index contributed by atoms with van der Waals surface area (Å²) in [6, 6.07) is 7.27. The average Bonchev–Trinajstić information content (AvgIpc) is 3.20. The molecule has 7 nitrogen and oxygen atoms in total. The molecule has 1 aromatic carbocycles. The summed E-state index contributed by atoms with van der Waals surface area (Å²) in [5, 5.41) is 12.4. The first kappa shape index (κ1) is 21.2. The van der Waals surface area contributed by atoms with Gasteiger partial charge in [0.2, 0.25) is 16.9 Å². The van der Waals surface area contributed by atoms with Crippen molar-refractivity contribution in [2.45, 2.75) is 52.0 Å². The Hall–Kier alpha value is -2.48. The lowest BCUT2D eigenvalue weighted by Crippen LogP contribution is -2.47. The molecule has 0 radical (unpaired) electrons. The molecule has 0 spiro atoms. The molecule has 1 aromatic heterocycles. The number of benzene rings is 1. The fourth-order valence-corrected chi connectivity index (χ4v) is 4.44. The number of likely N-dealkylation sites (tertiary alicyclic amines) is 1. The predicted molar refractivity (Wildman–Crippen MR) is 113 cm³/mol. The number of hydrogen-bond acceptors (Lipinski definition) is 6. The van der Waals surface area contributed by atoms with Crippen LogP contribution in [-0.2, 0) is 16.0 Å². The van der Waals surface area contributed by atoms with Gasteiger partial charge in [0.1, 0.15) is 10.8 Å². The van der Waals surface area contributed by atoms with Crippen LogP contribution in [0.4, 0.5) is 5.13 Å². The fourth-order valence-electron chi connectivity index (χ4n) is 3.76. The van der Waals surface area contributed by atoms with E-state index in [9.17, 15) is 9.59 Å². The zero-order chi connectivity index (χ0) is 20.8. The summed E-state index contributed by atoms with van der Waals surface area (Å²) in [6.07, 6.45) is 3.51. The van der Waals surface area contributed by atoms with E-state index in [1.54, 1.807) is 7.11 Å². The fraction of sp³-hybridized carbons (Fsp3) is 0.524. The first-order chi connectivity index (χ1) is 14.1. The van der Waals surface area contributed by atoms with Gasteiger partial charge in [-0.1, -0.05) is 49.8 Å². The molecule has 2 atom stereocenters. The lowest BCUT2D eigenvalue weighted by Gasteiger charge is -2.41. The summed E-state index contributed by atoms with van der Waals surface area (Å²) in [7, 11) is 1.61. The Morgan fingerprint density at radius 1 is 1.31 bits per heavy atom. The number of carbonyl (C=O) groups excluding carboxylic acids is 2. The number of anilines is 1. The third kappa shape index (κ3) is 4.75. The standard InChI is InChI=1S/C21H28N4O3S/c1-4-6-13-25-18(26)12-11-15(19(25)14-9-7-8-10-16(14)28-3)20(27)22-21-24-23-17(5-2)29-21/h7-10,15,19H,4-6,11-13H2,1-3H3,(H,22,24,27)/t15-,19+/m1/s1. The molecule has 0 unspecified atom stereocenters. The lowest BCUT2D eigenvalue weighted by atomic mass is 9.83. The van der Waals surface area contributed by atoms with E-state index in [0.29, 0.717) is 30.3 Å². The zero-order valence-electron chi connectivity index (χ0n) is 17.2. The second kappa shape index (κ2) is 9.82. The van der Waals surface area contributed by atoms with Crippen LogP contribution in [0.5, 0.6) is 5.75 Å². The summed E-state index contributed by atoms with van der Waals surface area (Å²) in [4.78, 5) is 27.9. The molecule has 3 rings (SSSR count). The average molecular weight is 417 g/mol. The smallest absolute Gasteiger partial charge is 0.231 e. The Labute approximate surface area is 175 Å². The summed E-state index contributed by atoms with van der Waals surface area (Å²) in [5.74, 6) is 0.266. The zero-order valence-corrected chi connectivity index (χ0v) is 18.0. The highest BCUT2D eigenvalue weighted by molar-refractivity contribution is 7.15. The maximum absolute atomic E-state index is 13.2. The largest absolute Gasteiger partial charge is 0.496 e. The minimum absolute atomic E-state index is 0.0857. The van der Waals surface area contributed by atoms with Crippen LogP contribution in [0.3, 0.4) is 0 Å². The van der Waals surface area contributed by atoms with Crippen LogP contribution in [0.2, 0.25) is 0 Å². The quantitative estimate of drug-likeness (QED) is 0.707. The number of amides is 2. The van der Waals surface area contributed by atoms with Crippen molar-refractivity contribution in [3.05, 3.63) is 34.8 Å². The number of ether oxygens (including phenoxy) is 1. The number of unbranched alkanes of at least 4 members (excludes halogenated alkanes) is 1. The molecule has 2 heterocycles. The highest BCUT2D eigenvalue weighted by Gasteiger charge is 2.41. The Morgan fingerprint density at radius 3 is 2.79 bits per heavy atom. The van der Waals surface area contributed by atoms with Gasteiger partial charge in [-0.2, -0.15) is 0 Å². The number of nitrogens with one attached hydrogen (secondary N) is 1. The molecule has 0 aliphatic carbocycles. The van der Waals surface area contributed by atoms with Gasteiger partial charge in [0, 0.05) is 18.5 Å². The van der Waals surface area contributed by atoms with Crippen molar-refractivity contribution in [1.29, 1.82) is 0 Å². The molecule has 2 aromatic rings. The Balaban J connectivity index is 1.93. The van der Waals surface area contributed by atoms with E-state index in [1.807, 2.05) is 36.1 Å². The Bertz CT molecular complexity index is 854. The minimum atomic E-state index is -0.380. The van der Waals surface area contributed by atoms with Crippen LogP contribution in [0, 0.1) is 5.92 Å². The van der Waals surface area contributed by atoms with E-state index in [4.69, 9.17) is 4.74 Å². The predicted octanol–water partition coefficient (Wildman–Crippen LogP) is 3.83. The van der Waals surface area contributed by atoms with Crippen LogP contribution >= 0.6 is 11.3 Å². The van der Waals surface area contributed by atoms with E-state index in [2.05, 4.69) is 22.4 Å². The van der Waals surface area contributed by atoms with Gasteiger partial charge < -0.3 is 15.0 Å². The van der Waals surface area contributed by atoms with Crippen molar-refractivity contribution in [2.75, 3.05) is 19.0 Å². The van der Waals surface area contributed by atoms with E-state index in [1.165, 1.54) is 11.3 Å². The van der Waals surface area contributed by atoms with Gasteiger partial charge in [-0.25, -0.2) is 0 Å². The van der Waals surface area contributed by atoms with E-state index < -0.39 is 0 Å². The van der Waals surface area contributed by atoms with Crippen LogP contribution in [0.15, 0.2) is 24.3 Å². The Morgan fingerprint density at radius 2 is 2.10 bits per heavy atom. The number of aryl methyl sites for hydroxylation is 1.